The first kappa shape index (κ1) is 36.3. The van der Waals surface area contributed by atoms with Crippen LogP contribution in [-0.4, -0.2) is 48.8 Å². The van der Waals surface area contributed by atoms with E-state index >= 15 is 0 Å². The van der Waals surface area contributed by atoms with Crippen molar-refractivity contribution in [1.29, 1.82) is 0 Å². The fraction of sp³-hybridized carbons (Fsp3) is 0.960. The molecule has 0 saturated carbocycles. The summed E-state index contributed by atoms with van der Waals surface area (Å²) in [5.74, 6) is -1.03. The van der Waals surface area contributed by atoms with Crippen LogP contribution in [0.2, 0.25) is 0 Å². The number of unbranched alkanes of at least 4 members (excludes halogenated alkanes) is 15. The van der Waals surface area contributed by atoms with E-state index < -0.39 is 11.5 Å². The maximum Gasteiger partial charge on any atom is 1.00 e. The third-order valence-electron chi connectivity index (χ3n) is 6.63. The molecular formula is C25H51ClNNaO3. The van der Waals surface area contributed by atoms with E-state index in [0.29, 0.717) is 10.9 Å². The number of likely N-dealkylation sites (N-methyl/N-ethyl adjacent to an activating group) is 1. The van der Waals surface area contributed by atoms with Gasteiger partial charge in [0.1, 0.15) is 11.5 Å². The Labute approximate surface area is 222 Å². The van der Waals surface area contributed by atoms with Gasteiger partial charge in [0.15, 0.2) is 0 Å². The van der Waals surface area contributed by atoms with Crippen molar-refractivity contribution in [2.75, 3.05) is 27.7 Å². The third-order valence-corrected chi connectivity index (χ3v) is 6.63. The Hall–Kier alpha value is 0.680. The molecule has 0 aliphatic heterocycles. The van der Waals surface area contributed by atoms with Gasteiger partial charge in [-0.15, -0.1) is 0 Å². The number of carbonyl (C=O) groups excluding carboxylic acids is 1. The number of aliphatic hydroxyl groups excluding tert-OH is 1. The molecule has 6 heteroatoms. The minimum absolute atomic E-state index is 0. The van der Waals surface area contributed by atoms with Crippen molar-refractivity contribution in [1.82, 2.24) is 0 Å². The predicted molar refractivity (Wildman–Crippen MR) is 122 cm³/mol. The first-order valence-electron chi connectivity index (χ1n) is 12.5. The Balaban J connectivity index is -0.00000392. The smallest absolute Gasteiger partial charge is 1.00 e. The normalized spacial score (nSPS) is 13.2. The zero-order chi connectivity index (χ0) is 22.0. The van der Waals surface area contributed by atoms with Crippen molar-refractivity contribution in [3.05, 3.63) is 0 Å². The fourth-order valence-corrected chi connectivity index (χ4v) is 4.42. The molecule has 4 nitrogen and oxygen atoms in total. The summed E-state index contributed by atoms with van der Waals surface area (Å²) in [4.78, 5) is 11.8. The van der Waals surface area contributed by atoms with Crippen LogP contribution < -0.4 is 47.1 Å². The minimum Gasteiger partial charge on any atom is -1.00 e. The predicted octanol–water partition coefficient (Wildman–Crippen LogP) is -0.777. The Morgan fingerprint density at radius 1 is 0.710 bits per heavy atom. The maximum atomic E-state index is 11.8. The van der Waals surface area contributed by atoms with Gasteiger partial charge in [0.25, 0.3) is 0 Å². The van der Waals surface area contributed by atoms with Crippen LogP contribution in [0.3, 0.4) is 0 Å². The van der Waals surface area contributed by atoms with Gasteiger partial charge < -0.3 is 31.9 Å². The molecule has 1 N–H and O–H groups in total. The third kappa shape index (κ3) is 16.9. The number of rotatable bonds is 21. The maximum absolute atomic E-state index is 11.8. The molecule has 0 heterocycles. The first-order chi connectivity index (χ1) is 13.8. The zero-order valence-corrected chi connectivity index (χ0v) is 24.3. The van der Waals surface area contributed by atoms with Crippen LogP contribution in [0.4, 0.5) is 0 Å². The van der Waals surface area contributed by atoms with Crippen molar-refractivity contribution in [3.8, 4) is 0 Å². The van der Waals surface area contributed by atoms with Gasteiger partial charge in [-0.2, -0.15) is 0 Å². The number of hydrogen-bond donors (Lipinski definition) is 1. The molecule has 0 saturated heterocycles. The van der Waals surface area contributed by atoms with Crippen molar-refractivity contribution in [2.45, 2.75) is 128 Å². The van der Waals surface area contributed by atoms with E-state index in [0.717, 1.165) is 12.8 Å². The standard InChI is InChI=1S/C25H51NO3.ClH.Na/c1-5-6-7-8-9-10-11-12-13-14-15-16-17-18-19-20-21-25(22-23-27,24(28)29)26(2,3)4;;/h27H,5-23H2,1-4H3;1H;/q;;+1/p-1. The minimum atomic E-state index is -1.03. The van der Waals surface area contributed by atoms with Crippen molar-refractivity contribution in [2.24, 2.45) is 0 Å². The number of hydrogen-bond acceptors (Lipinski definition) is 3. The SMILES string of the molecule is CCCCCCCCCCCCCCCCCCC(CCO)(C(=O)[O-])[N+](C)(C)C.[Cl-].[Na+]. The zero-order valence-electron chi connectivity index (χ0n) is 21.5. The van der Waals surface area contributed by atoms with E-state index in [1.165, 1.54) is 89.9 Å². The van der Waals surface area contributed by atoms with E-state index in [2.05, 4.69) is 6.92 Å². The average molecular weight is 472 g/mol. The van der Waals surface area contributed by atoms with Gasteiger partial charge in [0.05, 0.1) is 21.1 Å². The summed E-state index contributed by atoms with van der Waals surface area (Å²) in [7, 11) is 5.66. The topological polar surface area (TPSA) is 60.4 Å². The summed E-state index contributed by atoms with van der Waals surface area (Å²) in [5.41, 5.74) is -0.981. The number of halogens is 1. The van der Waals surface area contributed by atoms with E-state index in [1.54, 1.807) is 0 Å². The van der Waals surface area contributed by atoms with Crippen LogP contribution in [0, 0.1) is 0 Å². The second kappa shape index (κ2) is 22.5. The molecule has 0 aliphatic rings. The monoisotopic (exact) mass is 471 g/mol. The van der Waals surface area contributed by atoms with Gasteiger partial charge in [-0.3, -0.25) is 0 Å². The van der Waals surface area contributed by atoms with Crippen molar-refractivity contribution < 1.29 is 61.5 Å². The Kier molecular flexibility index (Phi) is 26.3. The van der Waals surface area contributed by atoms with Crippen molar-refractivity contribution >= 4 is 5.97 Å². The summed E-state index contributed by atoms with van der Waals surface area (Å²) in [6.45, 7) is 2.16. The van der Waals surface area contributed by atoms with Gasteiger partial charge in [-0.25, -0.2) is 0 Å². The number of quaternary nitrogens is 1. The van der Waals surface area contributed by atoms with E-state index in [4.69, 9.17) is 0 Å². The van der Waals surface area contributed by atoms with Crippen LogP contribution in [0.1, 0.15) is 122 Å². The number of carboxylic acid groups (broad SMARTS) is 1. The molecule has 1 unspecified atom stereocenters. The largest absolute Gasteiger partial charge is 1.00 e. The van der Waals surface area contributed by atoms with Gasteiger partial charge in [0.2, 0.25) is 0 Å². The van der Waals surface area contributed by atoms with Gasteiger partial charge >= 0.3 is 29.6 Å². The molecule has 182 valence electrons. The molecule has 0 radical (unpaired) electrons. The molecular weight excluding hydrogens is 421 g/mol. The fourth-order valence-electron chi connectivity index (χ4n) is 4.42. The van der Waals surface area contributed by atoms with Gasteiger partial charge in [0, 0.05) is 19.4 Å². The number of aliphatic hydroxyl groups is 1. The van der Waals surface area contributed by atoms with Crippen molar-refractivity contribution in [3.63, 3.8) is 0 Å². The van der Waals surface area contributed by atoms with Gasteiger partial charge in [-0.1, -0.05) is 103 Å². The molecule has 0 spiro atoms. The number of carbonyl (C=O) groups is 1. The summed E-state index contributed by atoms with van der Waals surface area (Å²) in [6, 6.07) is 0. The van der Waals surface area contributed by atoms with Gasteiger partial charge in [-0.05, 0) is 6.42 Å². The molecule has 0 aromatic carbocycles. The average Bonchev–Trinajstić information content (AvgIpc) is 2.65. The van der Waals surface area contributed by atoms with Crippen LogP contribution in [0.5, 0.6) is 0 Å². The quantitative estimate of drug-likeness (QED) is 0.136. The molecule has 0 rings (SSSR count). The van der Waals surface area contributed by atoms with Crippen LogP contribution in [0.25, 0.3) is 0 Å². The summed E-state index contributed by atoms with van der Waals surface area (Å²) >= 11 is 0. The summed E-state index contributed by atoms with van der Waals surface area (Å²) < 4.78 is 0.300. The van der Waals surface area contributed by atoms with Crippen LogP contribution in [-0.2, 0) is 4.79 Å². The second-order valence-electron chi connectivity index (χ2n) is 9.86. The molecule has 0 fully saturated rings. The molecule has 0 amide bonds. The van der Waals surface area contributed by atoms with E-state index in [-0.39, 0.29) is 55.0 Å². The molecule has 0 aromatic heterocycles. The number of aliphatic carboxylic acids is 1. The molecule has 0 aliphatic carbocycles. The van der Waals surface area contributed by atoms with Crippen LogP contribution >= 0.6 is 0 Å². The number of carboxylic acids is 1. The second-order valence-corrected chi connectivity index (χ2v) is 9.86. The first-order valence-corrected chi connectivity index (χ1v) is 12.5. The van der Waals surface area contributed by atoms with E-state index in [1.807, 2.05) is 21.1 Å². The Morgan fingerprint density at radius 2 is 1.03 bits per heavy atom. The molecule has 0 aromatic rings. The molecule has 0 bridgehead atoms. The summed E-state index contributed by atoms with van der Waals surface area (Å²) in [5, 5.41) is 21.2. The number of nitrogens with zero attached hydrogens (tertiary/aromatic N) is 1. The molecule has 1 atom stereocenters. The molecule has 31 heavy (non-hydrogen) atoms. The Morgan fingerprint density at radius 3 is 1.29 bits per heavy atom. The Bertz CT molecular complexity index is 405. The van der Waals surface area contributed by atoms with E-state index in [9.17, 15) is 15.0 Å². The van der Waals surface area contributed by atoms with Crippen LogP contribution in [0.15, 0.2) is 0 Å². The summed E-state index contributed by atoms with van der Waals surface area (Å²) in [6.07, 6.45) is 21.8.